The minimum absolute atomic E-state index is 0.669. The van der Waals surface area contributed by atoms with E-state index >= 15 is 0 Å². The number of nitrogens with zero attached hydrogens (tertiary/aromatic N) is 3. The summed E-state index contributed by atoms with van der Waals surface area (Å²) in [6, 6.07) is 1.90. The molecule has 1 aromatic rings. The van der Waals surface area contributed by atoms with Crippen LogP contribution < -0.4 is 16.2 Å². The molecule has 0 spiro atoms. The van der Waals surface area contributed by atoms with Crippen LogP contribution in [0, 0.1) is 5.92 Å². The molecule has 100 valence electrons. The SMILES string of the molecule is CSc1nc(NN)cc(N(C)CC2CCCC2)n1. The number of hydrazine groups is 1. The normalized spacial score (nSPS) is 15.9. The first-order valence-electron chi connectivity index (χ1n) is 6.33. The fourth-order valence-corrected chi connectivity index (χ4v) is 2.82. The van der Waals surface area contributed by atoms with Gasteiger partial charge in [-0.15, -0.1) is 0 Å². The van der Waals surface area contributed by atoms with Crippen LogP contribution in [-0.2, 0) is 0 Å². The molecule has 1 aliphatic rings. The zero-order valence-corrected chi connectivity index (χ0v) is 11.8. The lowest BCUT2D eigenvalue weighted by Gasteiger charge is -2.22. The largest absolute Gasteiger partial charge is 0.359 e. The van der Waals surface area contributed by atoms with Gasteiger partial charge in [-0.3, -0.25) is 0 Å². The number of aromatic nitrogens is 2. The molecule has 1 saturated carbocycles. The van der Waals surface area contributed by atoms with E-state index in [0.29, 0.717) is 5.82 Å². The zero-order valence-electron chi connectivity index (χ0n) is 11.0. The third-order valence-electron chi connectivity index (χ3n) is 3.42. The van der Waals surface area contributed by atoms with Gasteiger partial charge >= 0.3 is 0 Å². The third-order valence-corrected chi connectivity index (χ3v) is 3.97. The maximum absolute atomic E-state index is 5.44. The molecule has 0 aromatic carbocycles. The van der Waals surface area contributed by atoms with Gasteiger partial charge in [0.2, 0.25) is 0 Å². The fraction of sp³-hybridized carbons (Fsp3) is 0.667. The average Bonchev–Trinajstić information content (AvgIpc) is 2.90. The summed E-state index contributed by atoms with van der Waals surface area (Å²) in [7, 11) is 2.09. The first kappa shape index (κ1) is 13.4. The van der Waals surface area contributed by atoms with Gasteiger partial charge in [-0.05, 0) is 25.0 Å². The predicted molar refractivity (Wildman–Crippen MR) is 76.9 cm³/mol. The molecule has 1 fully saturated rings. The number of thioether (sulfide) groups is 1. The van der Waals surface area contributed by atoms with Gasteiger partial charge in [0.1, 0.15) is 11.6 Å². The van der Waals surface area contributed by atoms with Crippen molar-refractivity contribution < 1.29 is 0 Å². The summed E-state index contributed by atoms with van der Waals surface area (Å²) >= 11 is 1.53. The van der Waals surface area contributed by atoms with Crippen molar-refractivity contribution in [3.63, 3.8) is 0 Å². The van der Waals surface area contributed by atoms with E-state index < -0.39 is 0 Å². The molecule has 0 atom stereocenters. The fourth-order valence-electron chi connectivity index (χ4n) is 2.45. The van der Waals surface area contributed by atoms with Crippen molar-refractivity contribution in [2.75, 3.05) is 30.2 Å². The summed E-state index contributed by atoms with van der Waals surface area (Å²) in [5, 5.41) is 0.749. The van der Waals surface area contributed by atoms with Crippen molar-refractivity contribution >= 4 is 23.4 Å². The Bertz CT molecular complexity index is 370. The highest BCUT2D eigenvalue weighted by atomic mass is 32.2. The molecule has 0 unspecified atom stereocenters. The first-order chi connectivity index (χ1) is 8.72. The van der Waals surface area contributed by atoms with E-state index in [-0.39, 0.29) is 0 Å². The highest BCUT2D eigenvalue weighted by molar-refractivity contribution is 7.98. The van der Waals surface area contributed by atoms with Gasteiger partial charge in [0.25, 0.3) is 0 Å². The number of nitrogens with one attached hydrogen (secondary N) is 1. The second kappa shape index (κ2) is 6.24. The highest BCUT2D eigenvalue weighted by Crippen LogP contribution is 2.27. The van der Waals surface area contributed by atoms with Crippen molar-refractivity contribution in [1.82, 2.24) is 9.97 Å². The van der Waals surface area contributed by atoms with Crippen LogP contribution in [0.3, 0.4) is 0 Å². The summed E-state index contributed by atoms with van der Waals surface area (Å²) in [5.41, 5.74) is 2.60. The predicted octanol–water partition coefficient (Wildman–Crippen LogP) is 2.11. The van der Waals surface area contributed by atoms with Crippen molar-refractivity contribution in [3.05, 3.63) is 6.07 Å². The van der Waals surface area contributed by atoms with Crippen molar-refractivity contribution in [2.45, 2.75) is 30.8 Å². The molecule has 0 amide bonds. The van der Waals surface area contributed by atoms with Gasteiger partial charge in [-0.1, -0.05) is 24.6 Å². The maximum atomic E-state index is 5.44. The molecule has 3 N–H and O–H groups in total. The molecule has 0 radical (unpaired) electrons. The number of hydrogen-bond donors (Lipinski definition) is 2. The smallest absolute Gasteiger partial charge is 0.191 e. The minimum Gasteiger partial charge on any atom is -0.359 e. The quantitative estimate of drug-likeness (QED) is 0.369. The topological polar surface area (TPSA) is 67.1 Å². The van der Waals surface area contributed by atoms with Gasteiger partial charge in [-0.2, -0.15) is 0 Å². The monoisotopic (exact) mass is 267 g/mol. The van der Waals surface area contributed by atoms with E-state index in [1.165, 1.54) is 37.4 Å². The van der Waals surface area contributed by atoms with E-state index in [2.05, 4.69) is 27.3 Å². The number of nitrogens with two attached hydrogens (primary N) is 1. The molecule has 5 nitrogen and oxygen atoms in total. The Morgan fingerprint density at radius 3 is 2.78 bits per heavy atom. The van der Waals surface area contributed by atoms with E-state index in [0.717, 1.165) is 23.4 Å². The van der Waals surface area contributed by atoms with Crippen LogP contribution in [0.15, 0.2) is 11.2 Å². The van der Waals surface area contributed by atoms with Gasteiger partial charge in [0.15, 0.2) is 5.16 Å². The van der Waals surface area contributed by atoms with Crippen LogP contribution in [0.5, 0.6) is 0 Å². The number of hydrogen-bond acceptors (Lipinski definition) is 6. The molecule has 18 heavy (non-hydrogen) atoms. The Labute approximate surface area is 113 Å². The second-order valence-corrected chi connectivity index (χ2v) is 5.55. The van der Waals surface area contributed by atoms with Gasteiger partial charge in [-0.25, -0.2) is 15.8 Å². The first-order valence-corrected chi connectivity index (χ1v) is 7.56. The maximum Gasteiger partial charge on any atom is 0.191 e. The Kier molecular flexibility index (Phi) is 4.66. The second-order valence-electron chi connectivity index (χ2n) is 4.77. The lowest BCUT2D eigenvalue weighted by atomic mass is 10.1. The molecule has 6 heteroatoms. The third kappa shape index (κ3) is 3.26. The molecule has 2 rings (SSSR count). The highest BCUT2D eigenvalue weighted by Gasteiger charge is 2.18. The number of nitrogen functional groups attached to an aromatic ring is 1. The van der Waals surface area contributed by atoms with E-state index in [9.17, 15) is 0 Å². The summed E-state index contributed by atoms with van der Waals surface area (Å²) in [4.78, 5) is 11.0. The lowest BCUT2D eigenvalue weighted by Crippen LogP contribution is -2.25. The van der Waals surface area contributed by atoms with Crippen molar-refractivity contribution in [3.8, 4) is 0 Å². The van der Waals surface area contributed by atoms with Gasteiger partial charge in [0.05, 0.1) is 0 Å². The molecule has 0 aliphatic heterocycles. The van der Waals surface area contributed by atoms with Crippen LogP contribution in [-0.4, -0.2) is 29.8 Å². The molecule has 0 bridgehead atoms. The van der Waals surface area contributed by atoms with Crippen LogP contribution in [0.25, 0.3) is 0 Å². The van der Waals surface area contributed by atoms with Crippen LogP contribution in [0.4, 0.5) is 11.6 Å². The standard InChI is InChI=1S/C12H21N5S/c1-17(8-9-5-3-4-6-9)11-7-10(16-13)14-12(15-11)18-2/h7,9H,3-6,8,13H2,1-2H3,(H,14,15,16). The summed E-state index contributed by atoms with van der Waals surface area (Å²) in [5.74, 6) is 7.85. The van der Waals surface area contributed by atoms with Crippen LogP contribution in [0.1, 0.15) is 25.7 Å². The Morgan fingerprint density at radius 2 is 2.17 bits per heavy atom. The minimum atomic E-state index is 0.669. The van der Waals surface area contributed by atoms with E-state index in [4.69, 9.17) is 5.84 Å². The molecule has 1 aliphatic carbocycles. The zero-order chi connectivity index (χ0) is 13.0. The van der Waals surface area contributed by atoms with Gasteiger partial charge in [0, 0.05) is 19.7 Å². The summed E-state index contributed by atoms with van der Waals surface area (Å²) in [6.07, 6.45) is 7.39. The molecular formula is C12H21N5S. The molecule has 0 saturated heterocycles. The summed E-state index contributed by atoms with van der Waals surface area (Å²) < 4.78 is 0. The van der Waals surface area contributed by atoms with Crippen LogP contribution in [0.2, 0.25) is 0 Å². The summed E-state index contributed by atoms with van der Waals surface area (Å²) in [6.45, 7) is 1.06. The Hall–Kier alpha value is -1.01. The Morgan fingerprint density at radius 1 is 1.44 bits per heavy atom. The van der Waals surface area contributed by atoms with Crippen molar-refractivity contribution in [2.24, 2.45) is 11.8 Å². The average molecular weight is 267 g/mol. The molecular weight excluding hydrogens is 246 g/mol. The number of anilines is 2. The van der Waals surface area contributed by atoms with Crippen molar-refractivity contribution in [1.29, 1.82) is 0 Å². The molecule has 1 heterocycles. The Balaban J connectivity index is 2.09. The van der Waals surface area contributed by atoms with E-state index in [1.54, 1.807) is 0 Å². The lowest BCUT2D eigenvalue weighted by molar-refractivity contribution is 0.544. The van der Waals surface area contributed by atoms with Crippen LogP contribution >= 0.6 is 11.8 Å². The molecule has 1 aromatic heterocycles. The van der Waals surface area contributed by atoms with E-state index in [1.807, 2.05) is 12.3 Å². The van der Waals surface area contributed by atoms with Gasteiger partial charge < -0.3 is 10.3 Å². The number of rotatable bonds is 5.